The van der Waals surface area contributed by atoms with Crippen LogP contribution in [0.4, 0.5) is 5.82 Å². The van der Waals surface area contributed by atoms with Crippen molar-refractivity contribution in [1.82, 2.24) is 9.97 Å². The highest BCUT2D eigenvalue weighted by molar-refractivity contribution is 6.06. The van der Waals surface area contributed by atoms with Gasteiger partial charge in [-0.3, -0.25) is 14.7 Å². The maximum absolute atomic E-state index is 13.3. The van der Waals surface area contributed by atoms with Gasteiger partial charge in [0, 0.05) is 24.0 Å². The first-order valence-electron chi connectivity index (χ1n) is 8.57. The second-order valence-electron chi connectivity index (χ2n) is 6.21. The number of rotatable bonds is 4. The first kappa shape index (κ1) is 15.6. The molecule has 1 fully saturated rings. The van der Waals surface area contributed by atoms with Gasteiger partial charge in [0.2, 0.25) is 0 Å². The predicted octanol–water partition coefficient (Wildman–Crippen LogP) is 4.33. The van der Waals surface area contributed by atoms with Gasteiger partial charge in [0.1, 0.15) is 11.5 Å². The smallest absolute Gasteiger partial charge is 0.259 e. The number of hydrogen-bond acceptors (Lipinski definition) is 4. The van der Waals surface area contributed by atoms with Crippen LogP contribution in [0, 0.1) is 0 Å². The highest BCUT2D eigenvalue weighted by Gasteiger charge is 2.29. The number of nitrogens with zero attached hydrogens (tertiary/aromatic N) is 3. The minimum absolute atomic E-state index is 0.0409. The average molecular weight is 333 g/mol. The van der Waals surface area contributed by atoms with E-state index >= 15 is 0 Å². The average Bonchev–Trinajstić information content (AvgIpc) is 3.37. The molecule has 0 aromatic carbocycles. The lowest BCUT2D eigenvalue weighted by Gasteiger charge is -2.28. The summed E-state index contributed by atoms with van der Waals surface area (Å²) in [5.74, 6) is 1.32. The van der Waals surface area contributed by atoms with E-state index in [0.29, 0.717) is 22.8 Å². The zero-order chi connectivity index (χ0) is 17.1. The SMILES string of the molecule is O=C(c1ccnc(-c2ccco2)c1)N(c1ccccn1)C1CCCC1. The van der Waals surface area contributed by atoms with Crippen LogP contribution in [0.15, 0.2) is 65.5 Å². The molecule has 1 aliphatic carbocycles. The van der Waals surface area contributed by atoms with Gasteiger partial charge in [-0.25, -0.2) is 4.98 Å². The molecular formula is C20H19N3O2. The summed E-state index contributed by atoms with van der Waals surface area (Å²) in [6.07, 6.45) is 9.30. The molecule has 0 bridgehead atoms. The van der Waals surface area contributed by atoms with Gasteiger partial charge in [0.25, 0.3) is 5.91 Å². The van der Waals surface area contributed by atoms with Gasteiger partial charge in [-0.1, -0.05) is 18.9 Å². The molecule has 0 N–H and O–H groups in total. The number of carbonyl (C=O) groups is 1. The fourth-order valence-corrected chi connectivity index (χ4v) is 3.38. The zero-order valence-corrected chi connectivity index (χ0v) is 13.8. The van der Waals surface area contributed by atoms with Crippen molar-refractivity contribution in [1.29, 1.82) is 0 Å². The molecule has 0 unspecified atom stereocenters. The molecule has 0 spiro atoms. The Kier molecular flexibility index (Phi) is 4.29. The van der Waals surface area contributed by atoms with Gasteiger partial charge in [0.15, 0.2) is 5.76 Å². The van der Waals surface area contributed by atoms with Gasteiger partial charge in [-0.15, -0.1) is 0 Å². The van der Waals surface area contributed by atoms with Crippen molar-refractivity contribution in [2.24, 2.45) is 0 Å². The summed E-state index contributed by atoms with van der Waals surface area (Å²) in [6, 6.07) is 13.0. The maximum atomic E-state index is 13.3. The van der Waals surface area contributed by atoms with Gasteiger partial charge in [0.05, 0.1) is 6.26 Å². The van der Waals surface area contributed by atoms with Crippen LogP contribution in [-0.2, 0) is 0 Å². The summed E-state index contributed by atoms with van der Waals surface area (Å²) >= 11 is 0. The van der Waals surface area contributed by atoms with Crippen molar-refractivity contribution in [3.63, 3.8) is 0 Å². The van der Waals surface area contributed by atoms with Crippen molar-refractivity contribution in [2.45, 2.75) is 31.7 Å². The second kappa shape index (κ2) is 6.89. The maximum Gasteiger partial charge on any atom is 0.259 e. The van der Waals surface area contributed by atoms with E-state index in [1.165, 1.54) is 0 Å². The number of anilines is 1. The molecule has 3 aromatic rings. The Bertz CT molecular complexity index is 840. The summed E-state index contributed by atoms with van der Waals surface area (Å²) < 4.78 is 5.40. The minimum Gasteiger partial charge on any atom is -0.463 e. The first-order valence-corrected chi connectivity index (χ1v) is 8.57. The fraction of sp³-hybridized carbons (Fsp3) is 0.250. The molecule has 0 radical (unpaired) electrons. The standard InChI is InChI=1S/C20H19N3O2/c24-20(15-10-12-21-17(14-15)18-8-5-13-25-18)23(16-6-1-2-7-16)19-9-3-4-11-22-19/h3-5,8-14,16H,1-2,6-7H2. The quantitative estimate of drug-likeness (QED) is 0.713. The Hall–Kier alpha value is -2.95. The van der Waals surface area contributed by atoms with Crippen LogP contribution >= 0.6 is 0 Å². The molecule has 1 amide bonds. The Balaban J connectivity index is 1.70. The van der Waals surface area contributed by atoms with Crippen molar-refractivity contribution in [3.05, 3.63) is 66.7 Å². The lowest BCUT2D eigenvalue weighted by atomic mass is 10.1. The number of furan rings is 1. The number of amides is 1. The normalized spacial score (nSPS) is 14.6. The summed E-state index contributed by atoms with van der Waals surface area (Å²) in [4.78, 5) is 23.9. The largest absolute Gasteiger partial charge is 0.463 e. The van der Waals surface area contributed by atoms with Crippen LogP contribution < -0.4 is 4.90 Å². The predicted molar refractivity (Wildman–Crippen MR) is 95.2 cm³/mol. The highest BCUT2D eigenvalue weighted by atomic mass is 16.3. The van der Waals surface area contributed by atoms with Gasteiger partial charge >= 0.3 is 0 Å². The molecule has 25 heavy (non-hydrogen) atoms. The molecule has 1 aliphatic rings. The zero-order valence-electron chi connectivity index (χ0n) is 13.8. The van der Waals surface area contributed by atoms with E-state index in [1.807, 2.05) is 35.2 Å². The van der Waals surface area contributed by atoms with E-state index in [1.54, 1.807) is 30.8 Å². The third kappa shape index (κ3) is 3.18. The number of aromatic nitrogens is 2. The lowest BCUT2D eigenvalue weighted by molar-refractivity contribution is 0.0976. The van der Waals surface area contributed by atoms with Crippen LogP contribution in [0.3, 0.4) is 0 Å². The number of carbonyl (C=O) groups excluding carboxylic acids is 1. The summed E-state index contributed by atoms with van der Waals surface area (Å²) in [5.41, 5.74) is 1.25. The first-order chi connectivity index (χ1) is 12.3. The Morgan fingerprint density at radius 3 is 2.64 bits per heavy atom. The third-order valence-corrected chi connectivity index (χ3v) is 4.59. The second-order valence-corrected chi connectivity index (χ2v) is 6.21. The van der Waals surface area contributed by atoms with Gasteiger partial charge < -0.3 is 4.42 Å². The van der Waals surface area contributed by atoms with E-state index in [-0.39, 0.29) is 11.9 Å². The van der Waals surface area contributed by atoms with Gasteiger partial charge in [-0.2, -0.15) is 0 Å². The number of hydrogen-bond donors (Lipinski definition) is 0. The molecule has 1 saturated carbocycles. The van der Waals surface area contributed by atoms with Crippen molar-refractivity contribution in [2.75, 3.05) is 4.90 Å². The van der Waals surface area contributed by atoms with Crippen LogP contribution in [0.2, 0.25) is 0 Å². The van der Waals surface area contributed by atoms with Crippen LogP contribution in [0.5, 0.6) is 0 Å². The molecule has 126 valence electrons. The molecule has 0 saturated heterocycles. The van der Waals surface area contributed by atoms with Crippen molar-refractivity contribution in [3.8, 4) is 11.5 Å². The molecule has 5 nitrogen and oxygen atoms in total. The lowest BCUT2D eigenvalue weighted by Crippen LogP contribution is -2.39. The van der Waals surface area contributed by atoms with Crippen LogP contribution in [0.25, 0.3) is 11.5 Å². The number of pyridine rings is 2. The fourth-order valence-electron chi connectivity index (χ4n) is 3.38. The Labute approximate surface area is 146 Å². The van der Waals surface area contributed by atoms with Gasteiger partial charge in [-0.05, 0) is 49.2 Å². The Morgan fingerprint density at radius 2 is 1.92 bits per heavy atom. The highest BCUT2D eigenvalue weighted by Crippen LogP contribution is 2.29. The molecule has 0 aliphatic heterocycles. The minimum atomic E-state index is -0.0409. The van der Waals surface area contributed by atoms with Crippen molar-refractivity contribution >= 4 is 11.7 Å². The van der Waals surface area contributed by atoms with E-state index in [9.17, 15) is 4.79 Å². The topological polar surface area (TPSA) is 59.2 Å². The molecule has 4 rings (SSSR count). The molecule has 3 aromatic heterocycles. The summed E-state index contributed by atoms with van der Waals surface area (Å²) in [5, 5.41) is 0. The Morgan fingerprint density at radius 1 is 1.04 bits per heavy atom. The molecule has 0 atom stereocenters. The molecular weight excluding hydrogens is 314 g/mol. The van der Waals surface area contributed by atoms with E-state index < -0.39 is 0 Å². The summed E-state index contributed by atoms with van der Waals surface area (Å²) in [6.45, 7) is 0. The third-order valence-electron chi connectivity index (χ3n) is 4.59. The van der Waals surface area contributed by atoms with E-state index in [2.05, 4.69) is 9.97 Å². The van der Waals surface area contributed by atoms with Crippen LogP contribution in [0.1, 0.15) is 36.0 Å². The molecule has 3 heterocycles. The van der Waals surface area contributed by atoms with E-state index in [4.69, 9.17) is 4.42 Å². The molecule has 5 heteroatoms. The van der Waals surface area contributed by atoms with E-state index in [0.717, 1.165) is 25.7 Å². The monoisotopic (exact) mass is 333 g/mol. The van der Waals surface area contributed by atoms with Crippen LogP contribution in [-0.4, -0.2) is 21.9 Å². The summed E-state index contributed by atoms with van der Waals surface area (Å²) in [7, 11) is 0. The van der Waals surface area contributed by atoms with Crippen molar-refractivity contribution < 1.29 is 9.21 Å².